The quantitative estimate of drug-likeness (QED) is 0.346. The molecule has 2 heterocycles. The molecule has 1 unspecified atom stereocenters. The van der Waals surface area contributed by atoms with Gasteiger partial charge in [-0.05, 0) is 41.8 Å². The number of hydrogen-bond donors (Lipinski definition) is 0. The topological polar surface area (TPSA) is 59.8 Å². The number of unbranched alkanes of at least 4 members (excludes halogenated alkanes) is 1. The molecule has 0 fully saturated rings. The van der Waals surface area contributed by atoms with E-state index in [1.54, 1.807) is 29.2 Å². The van der Waals surface area contributed by atoms with Crippen LogP contribution < -0.4 is 10.2 Å². The Morgan fingerprint density at radius 2 is 1.73 bits per heavy atom. The molecule has 0 saturated heterocycles. The first-order valence-electron chi connectivity index (χ1n) is 11.3. The van der Waals surface area contributed by atoms with Crippen molar-refractivity contribution in [3.05, 3.63) is 112 Å². The lowest BCUT2D eigenvalue weighted by molar-refractivity contribution is 0.0714. The standard InChI is InChI=1S/C28H25NO4/c1-2-3-16-32-21-13-9-12-20(17-21)25-24-26(30)22-14-7-8-15-23(22)33-27(24)28(31)29(25)18-19-10-5-4-6-11-19/h4-15,17,25H,2-3,16,18H2,1H3. The van der Waals surface area contributed by atoms with Gasteiger partial charge in [-0.3, -0.25) is 9.59 Å². The first-order chi connectivity index (χ1) is 16.2. The Balaban J connectivity index is 1.64. The van der Waals surface area contributed by atoms with E-state index in [0.29, 0.717) is 29.7 Å². The van der Waals surface area contributed by atoms with Gasteiger partial charge in [0.05, 0.1) is 23.6 Å². The Kier molecular flexibility index (Phi) is 5.69. The van der Waals surface area contributed by atoms with E-state index in [0.717, 1.165) is 29.7 Å². The maximum atomic E-state index is 13.6. The van der Waals surface area contributed by atoms with E-state index in [9.17, 15) is 9.59 Å². The third-order valence-corrected chi connectivity index (χ3v) is 6.01. The van der Waals surface area contributed by atoms with Gasteiger partial charge in [0.15, 0.2) is 5.43 Å². The summed E-state index contributed by atoms with van der Waals surface area (Å²) in [5.74, 6) is 0.572. The van der Waals surface area contributed by atoms with Gasteiger partial charge < -0.3 is 14.1 Å². The molecule has 0 aliphatic carbocycles. The second-order valence-electron chi connectivity index (χ2n) is 8.27. The fraction of sp³-hybridized carbons (Fsp3) is 0.214. The molecule has 166 valence electrons. The third-order valence-electron chi connectivity index (χ3n) is 6.01. The molecule has 1 aliphatic rings. The Labute approximate surface area is 192 Å². The number of fused-ring (bicyclic) bond motifs is 2. The van der Waals surface area contributed by atoms with E-state index in [1.165, 1.54) is 0 Å². The van der Waals surface area contributed by atoms with Crippen molar-refractivity contribution in [1.29, 1.82) is 0 Å². The molecule has 33 heavy (non-hydrogen) atoms. The van der Waals surface area contributed by atoms with Crippen LogP contribution in [0.1, 0.15) is 53.1 Å². The maximum Gasteiger partial charge on any atom is 0.291 e. The molecule has 1 aromatic heterocycles. The molecule has 1 amide bonds. The second-order valence-corrected chi connectivity index (χ2v) is 8.27. The second kappa shape index (κ2) is 8.94. The van der Waals surface area contributed by atoms with Crippen molar-refractivity contribution in [1.82, 2.24) is 4.90 Å². The monoisotopic (exact) mass is 439 g/mol. The Bertz CT molecular complexity index is 1360. The molecule has 1 atom stereocenters. The number of ether oxygens (including phenoxy) is 1. The SMILES string of the molecule is CCCCOc1cccc(C2c3c(oc4ccccc4c3=O)C(=O)N2Cc2ccccc2)c1. The molecule has 5 heteroatoms. The van der Waals surface area contributed by atoms with Crippen molar-refractivity contribution in [2.24, 2.45) is 0 Å². The highest BCUT2D eigenvalue weighted by Crippen LogP contribution is 2.40. The molecular weight excluding hydrogens is 414 g/mol. The zero-order chi connectivity index (χ0) is 22.8. The maximum absolute atomic E-state index is 13.6. The van der Waals surface area contributed by atoms with Gasteiger partial charge in [0, 0.05) is 6.54 Å². The van der Waals surface area contributed by atoms with Crippen molar-refractivity contribution in [2.45, 2.75) is 32.4 Å². The van der Waals surface area contributed by atoms with Gasteiger partial charge in [-0.2, -0.15) is 0 Å². The lowest BCUT2D eigenvalue weighted by Crippen LogP contribution is -2.29. The highest BCUT2D eigenvalue weighted by Gasteiger charge is 2.42. The minimum atomic E-state index is -0.553. The Morgan fingerprint density at radius 1 is 0.939 bits per heavy atom. The van der Waals surface area contributed by atoms with Crippen molar-refractivity contribution < 1.29 is 13.9 Å². The van der Waals surface area contributed by atoms with E-state index in [2.05, 4.69) is 6.92 Å². The summed E-state index contributed by atoms with van der Waals surface area (Å²) in [6, 6.07) is 24.0. The third kappa shape index (κ3) is 3.91. The predicted molar refractivity (Wildman–Crippen MR) is 127 cm³/mol. The number of carbonyl (C=O) groups is 1. The summed E-state index contributed by atoms with van der Waals surface area (Å²) in [7, 11) is 0. The summed E-state index contributed by atoms with van der Waals surface area (Å²) in [5, 5.41) is 0.478. The van der Waals surface area contributed by atoms with Crippen LogP contribution in [-0.4, -0.2) is 17.4 Å². The molecule has 0 spiro atoms. The van der Waals surface area contributed by atoms with Crippen molar-refractivity contribution >= 4 is 16.9 Å². The number of amides is 1. The normalized spacial score (nSPS) is 15.1. The number of rotatable bonds is 7. The first-order valence-corrected chi connectivity index (χ1v) is 11.3. The van der Waals surface area contributed by atoms with Crippen LogP contribution >= 0.6 is 0 Å². The van der Waals surface area contributed by atoms with Gasteiger partial charge in [0.1, 0.15) is 11.3 Å². The van der Waals surface area contributed by atoms with Crippen molar-refractivity contribution in [3.63, 3.8) is 0 Å². The van der Waals surface area contributed by atoms with Crippen LogP contribution in [-0.2, 0) is 6.54 Å². The minimum Gasteiger partial charge on any atom is -0.494 e. The van der Waals surface area contributed by atoms with Crippen LogP contribution in [0.3, 0.4) is 0 Å². The smallest absolute Gasteiger partial charge is 0.291 e. The van der Waals surface area contributed by atoms with E-state index < -0.39 is 6.04 Å². The van der Waals surface area contributed by atoms with Crippen LogP contribution in [0.2, 0.25) is 0 Å². The van der Waals surface area contributed by atoms with Gasteiger partial charge in [-0.25, -0.2) is 0 Å². The molecular formula is C28H25NO4. The van der Waals surface area contributed by atoms with Crippen LogP contribution in [0.4, 0.5) is 0 Å². The zero-order valence-corrected chi connectivity index (χ0v) is 18.5. The first kappa shape index (κ1) is 21.0. The van der Waals surface area contributed by atoms with Gasteiger partial charge >= 0.3 is 0 Å². The van der Waals surface area contributed by atoms with Crippen LogP contribution in [0, 0.1) is 0 Å². The average molecular weight is 440 g/mol. The van der Waals surface area contributed by atoms with Gasteiger partial charge in [0.2, 0.25) is 5.76 Å². The van der Waals surface area contributed by atoms with Gasteiger partial charge in [-0.1, -0.05) is 67.9 Å². The fourth-order valence-corrected chi connectivity index (χ4v) is 4.37. The van der Waals surface area contributed by atoms with Crippen molar-refractivity contribution in [2.75, 3.05) is 6.61 Å². The summed E-state index contributed by atoms with van der Waals surface area (Å²) < 4.78 is 11.9. The number of nitrogens with zero attached hydrogens (tertiary/aromatic N) is 1. The van der Waals surface area contributed by atoms with Gasteiger partial charge in [-0.15, -0.1) is 0 Å². The zero-order valence-electron chi connectivity index (χ0n) is 18.5. The predicted octanol–water partition coefficient (Wildman–Crippen LogP) is 5.72. The molecule has 5 nitrogen and oxygen atoms in total. The summed E-state index contributed by atoms with van der Waals surface area (Å²) >= 11 is 0. The summed E-state index contributed by atoms with van der Waals surface area (Å²) in [4.78, 5) is 28.8. The molecule has 0 radical (unpaired) electrons. The molecule has 4 aromatic rings. The van der Waals surface area contributed by atoms with Crippen molar-refractivity contribution in [3.8, 4) is 5.75 Å². The molecule has 5 rings (SSSR count). The number of benzene rings is 3. The van der Waals surface area contributed by atoms with E-state index >= 15 is 0 Å². The van der Waals surface area contributed by atoms with E-state index in [4.69, 9.17) is 9.15 Å². The van der Waals surface area contributed by atoms with Crippen LogP contribution in [0.25, 0.3) is 11.0 Å². The lowest BCUT2D eigenvalue weighted by Gasteiger charge is -2.25. The van der Waals surface area contributed by atoms with E-state index in [-0.39, 0.29) is 17.1 Å². The number of hydrogen-bond acceptors (Lipinski definition) is 4. The molecule has 3 aromatic carbocycles. The molecule has 0 saturated carbocycles. The summed E-state index contributed by atoms with van der Waals surface area (Å²) in [6.07, 6.45) is 2.01. The Hall–Kier alpha value is -3.86. The molecule has 0 N–H and O–H groups in total. The average Bonchev–Trinajstić information content (AvgIpc) is 3.12. The highest BCUT2D eigenvalue weighted by molar-refractivity contribution is 5.99. The Morgan fingerprint density at radius 3 is 2.55 bits per heavy atom. The molecule has 0 bridgehead atoms. The number of para-hydroxylation sites is 1. The summed E-state index contributed by atoms with van der Waals surface area (Å²) in [6.45, 7) is 3.11. The van der Waals surface area contributed by atoms with Crippen LogP contribution in [0.5, 0.6) is 5.75 Å². The number of carbonyl (C=O) groups excluding carboxylic acids is 1. The largest absolute Gasteiger partial charge is 0.494 e. The highest BCUT2D eigenvalue weighted by atomic mass is 16.5. The minimum absolute atomic E-state index is 0.122. The molecule has 1 aliphatic heterocycles. The fourth-order valence-electron chi connectivity index (χ4n) is 4.37. The van der Waals surface area contributed by atoms with Crippen LogP contribution in [0.15, 0.2) is 88.1 Å². The summed E-state index contributed by atoms with van der Waals surface area (Å²) in [5.41, 5.74) is 2.45. The van der Waals surface area contributed by atoms with Gasteiger partial charge in [0.25, 0.3) is 5.91 Å². The van der Waals surface area contributed by atoms with E-state index in [1.807, 2.05) is 54.6 Å². The lowest BCUT2D eigenvalue weighted by atomic mass is 9.98.